The minimum absolute atomic E-state index is 0.111. The Balaban J connectivity index is 2.38. The molecule has 0 fully saturated rings. The maximum atomic E-state index is 12.6. The molecule has 2 aromatic rings. The number of halogens is 1. The normalized spacial score (nSPS) is 11.2. The van der Waals surface area contributed by atoms with Gasteiger partial charge in [-0.1, -0.05) is 23.7 Å². The van der Waals surface area contributed by atoms with E-state index in [1.807, 2.05) is 13.0 Å². The first kappa shape index (κ1) is 18.3. The Hall–Kier alpha value is -2.05. The topological polar surface area (TPSA) is 72.5 Å². The molecule has 0 saturated heterocycles. The summed E-state index contributed by atoms with van der Waals surface area (Å²) in [5.74, 6) is -0.602. The van der Waals surface area contributed by atoms with Crippen LogP contribution in [0.4, 0.5) is 5.69 Å². The predicted molar refractivity (Wildman–Crippen MR) is 94.1 cm³/mol. The molecule has 0 unspecified atom stereocenters. The van der Waals surface area contributed by atoms with Gasteiger partial charge in [-0.3, -0.25) is 4.72 Å². The largest absolute Gasteiger partial charge is 0.462 e. The molecule has 0 radical (unpaired) electrons. The molecule has 0 amide bonds. The first-order valence-corrected chi connectivity index (χ1v) is 9.17. The number of rotatable bonds is 5. The van der Waals surface area contributed by atoms with Crippen LogP contribution < -0.4 is 4.72 Å². The lowest BCUT2D eigenvalue weighted by molar-refractivity contribution is 0.0526. The zero-order chi connectivity index (χ0) is 17.9. The van der Waals surface area contributed by atoms with Crippen molar-refractivity contribution in [2.24, 2.45) is 0 Å². The fraction of sp³-hybridized carbons (Fsp3) is 0.235. The first-order chi connectivity index (χ1) is 11.2. The van der Waals surface area contributed by atoms with Gasteiger partial charge < -0.3 is 4.74 Å². The number of sulfonamides is 1. The molecule has 5 nitrogen and oxygen atoms in total. The third kappa shape index (κ3) is 4.07. The molecule has 0 atom stereocenters. The smallest absolute Gasteiger partial charge is 0.339 e. The molecule has 7 heteroatoms. The van der Waals surface area contributed by atoms with Crippen LogP contribution in [0, 0.1) is 13.8 Å². The SMILES string of the molecule is CCOC(=O)c1cc(NS(=O)(=O)c2cc(C)ccc2C)ccc1Cl. The molecule has 0 aliphatic rings. The minimum atomic E-state index is -3.78. The van der Waals surface area contributed by atoms with Gasteiger partial charge in [-0.25, -0.2) is 13.2 Å². The summed E-state index contributed by atoms with van der Waals surface area (Å²) < 4.78 is 32.6. The third-order valence-corrected chi connectivity index (χ3v) is 5.20. The second-order valence-corrected chi connectivity index (χ2v) is 7.35. The maximum Gasteiger partial charge on any atom is 0.339 e. The van der Waals surface area contributed by atoms with Crippen LogP contribution in [0.15, 0.2) is 41.3 Å². The number of hydrogen-bond donors (Lipinski definition) is 1. The molecule has 0 bridgehead atoms. The van der Waals surface area contributed by atoms with Crippen molar-refractivity contribution in [2.75, 3.05) is 11.3 Å². The second kappa shape index (κ2) is 7.23. The number of hydrogen-bond acceptors (Lipinski definition) is 4. The molecule has 2 aromatic carbocycles. The van der Waals surface area contributed by atoms with Gasteiger partial charge in [0.2, 0.25) is 0 Å². The molecular formula is C17H18ClNO4S. The maximum absolute atomic E-state index is 12.6. The highest BCUT2D eigenvalue weighted by atomic mass is 35.5. The number of esters is 1. The average molecular weight is 368 g/mol. The summed E-state index contributed by atoms with van der Waals surface area (Å²) in [6.07, 6.45) is 0. The molecule has 0 aliphatic heterocycles. The van der Waals surface area contributed by atoms with Crippen molar-refractivity contribution in [1.82, 2.24) is 0 Å². The van der Waals surface area contributed by atoms with Gasteiger partial charge >= 0.3 is 5.97 Å². The monoisotopic (exact) mass is 367 g/mol. The number of anilines is 1. The zero-order valence-electron chi connectivity index (χ0n) is 13.6. The van der Waals surface area contributed by atoms with Crippen LogP contribution in [0.3, 0.4) is 0 Å². The fourth-order valence-electron chi connectivity index (χ4n) is 2.16. The molecule has 0 heterocycles. The van der Waals surface area contributed by atoms with Crippen LogP contribution in [-0.4, -0.2) is 21.0 Å². The molecule has 0 saturated carbocycles. The number of aryl methyl sites for hydroxylation is 2. The van der Waals surface area contributed by atoms with Crippen molar-refractivity contribution in [2.45, 2.75) is 25.7 Å². The summed E-state index contributed by atoms with van der Waals surface area (Å²) >= 11 is 5.98. The van der Waals surface area contributed by atoms with Crippen molar-refractivity contribution in [3.8, 4) is 0 Å². The van der Waals surface area contributed by atoms with E-state index in [9.17, 15) is 13.2 Å². The Morgan fingerprint density at radius 2 is 1.88 bits per heavy atom. The summed E-state index contributed by atoms with van der Waals surface area (Å²) in [7, 11) is -3.78. The van der Waals surface area contributed by atoms with Crippen molar-refractivity contribution in [3.05, 3.63) is 58.1 Å². The van der Waals surface area contributed by atoms with Gasteiger partial charge in [-0.05, 0) is 56.2 Å². The van der Waals surface area contributed by atoms with Crippen LogP contribution in [-0.2, 0) is 14.8 Å². The van der Waals surface area contributed by atoms with E-state index in [1.54, 1.807) is 26.0 Å². The molecule has 2 rings (SSSR count). The van der Waals surface area contributed by atoms with E-state index in [0.717, 1.165) is 5.56 Å². The molecule has 24 heavy (non-hydrogen) atoms. The number of carbonyl (C=O) groups is 1. The van der Waals surface area contributed by atoms with E-state index >= 15 is 0 Å². The number of benzene rings is 2. The number of carbonyl (C=O) groups excluding carboxylic acids is 1. The molecule has 0 aliphatic carbocycles. The lowest BCUT2D eigenvalue weighted by Crippen LogP contribution is -2.15. The van der Waals surface area contributed by atoms with E-state index in [1.165, 1.54) is 18.2 Å². The standard InChI is InChI=1S/C17H18ClNO4S/c1-4-23-17(20)14-10-13(7-8-15(14)18)19-24(21,22)16-9-11(2)5-6-12(16)3/h5-10,19H,4H2,1-3H3. The Kier molecular flexibility index (Phi) is 5.51. The summed E-state index contributed by atoms with van der Waals surface area (Å²) in [6.45, 7) is 5.42. The van der Waals surface area contributed by atoms with Gasteiger partial charge in [-0.15, -0.1) is 0 Å². The van der Waals surface area contributed by atoms with Gasteiger partial charge in [0.05, 0.1) is 22.1 Å². The average Bonchev–Trinajstić information content (AvgIpc) is 2.51. The van der Waals surface area contributed by atoms with E-state index in [-0.39, 0.29) is 27.8 Å². The van der Waals surface area contributed by atoms with Crippen molar-refractivity contribution in [1.29, 1.82) is 0 Å². The molecular weight excluding hydrogens is 350 g/mol. The van der Waals surface area contributed by atoms with Gasteiger partial charge in [0.1, 0.15) is 0 Å². The molecule has 128 valence electrons. The Morgan fingerprint density at radius 1 is 1.17 bits per heavy atom. The van der Waals surface area contributed by atoms with Crippen LogP contribution in [0.1, 0.15) is 28.4 Å². The fourth-order valence-corrected chi connectivity index (χ4v) is 3.74. The summed E-state index contributed by atoms with van der Waals surface area (Å²) in [5.41, 5.74) is 1.82. The highest BCUT2D eigenvalue weighted by Gasteiger charge is 2.19. The quantitative estimate of drug-likeness (QED) is 0.812. The lowest BCUT2D eigenvalue weighted by atomic mass is 10.2. The summed E-state index contributed by atoms with van der Waals surface area (Å²) in [4.78, 5) is 12.1. The second-order valence-electron chi connectivity index (χ2n) is 5.29. The predicted octanol–water partition coefficient (Wildman–Crippen LogP) is 3.93. The Labute approximate surface area is 146 Å². The third-order valence-electron chi connectivity index (χ3n) is 3.35. The molecule has 1 N–H and O–H groups in total. The summed E-state index contributed by atoms with van der Waals surface area (Å²) in [5, 5.41) is 0.197. The lowest BCUT2D eigenvalue weighted by Gasteiger charge is -2.12. The van der Waals surface area contributed by atoms with Crippen molar-refractivity contribution in [3.63, 3.8) is 0 Å². The van der Waals surface area contributed by atoms with E-state index < -0.39 is 16.0 Å². The van der Waals surface area contributed by atoms with Gasteiger partial charge in [0.15, 0.2) is 0 Å². The number of ether oxygens (including phenoxy) is 1. The Bertz CT molecular complexity index is 878. The van der Waals surface area contributed by atoms with E-state index in [4.69, 9.17) is 16.3 Å². The highest BCUT2D eigenvalue weighted by Crippen LogP contribution is 2.25. The van der Waals surface area contributed by atoms with Crippen molar-refractivity contribution < 1.29 is 17.9 Å². The van der Waals surface area contributed by atoms with Gasteiger partial charge in [0, 0.05) is 5.69 Å². The summed E-state index contributed by atoms with van der Waals surface area (Å²) in [6, 6.07) is 9.50. The van der Waals surface area contributed by atoms with Crippen LogP contribution in [0.2, 0.25) is 5.02 Å². The zero-order valence-corrected chi connectivity index (χ0v) is 15.2. The highest BCUT2D eigenvalue weighted by molar-refractivity contribution is 7.92. The Morgan fingerprint density at radius 3 is 2.54 bits per heavy atom. The van der Waals surface area contributed by atoms with Gasteiger partial charge in [-0.2, -0.15) is 0 Å². The van der Waals surface area contributed by atoms with Crippen LogP contribution >= 0.6 is 11.6 Å². The molecule has 0 spiro atoms. The van der Waals surface area contributed by atoms with Crippen LogP contribution in [0.5, 0.6) is 0 Å². The van der Waals surface area contributed by atoms with Gasteiger partial charge in [0.25, 0.3) is 10.0 Å². The number of nitrogens with one attached hydrogen (secondary N) is 1. The van der Waals surface area contributed by atoms with Crippen molar-refractivity contribution >= 4 is 33.3 Å². The van der Waals surface area contributed by atoms with E-state index in [0.29, 0.717) is 5.56 Å². The first-order valence-electron chi connectivity index (χ1n) is 7.31. The minimum Gasteiger partial charge on any atom is -0.462 e. The van der Waals surface area contributed by atoms with E-state index in [2.05, 4.69) is 4.72 Å². The molecule has 0 aromatic heterocycles. The van der Waals surface area contributed by atoms with Crippen LogP contribution in [0.25, 0.3) is 0 Å².